The molecular weight excluding hydrogens is 256 g/mol. The standard InChI is InChI=1S/C6H8F3O6P/c1-2-14-4(10)16(12,13)5(11)15-3-6(7,8)9/h2-3H2,1H3,(H,12,13). The van der Waals surface area contributed by atoms with Gasteiger partial charge in [-0.1, -0.05) is 0 Å². The van der Waals surface area contributed by atoms with Crippen molar-refractivity contribution in [1.29, 1.82) is 0 Å². The number of carbonyl (C=O) groups excluding carboxylic acids is 2. The Hall–Kier alpha value is -1.08. The largest absolute Gasteiger partial charge is 0.458 e. The third-order valence-electron chi connectivity index (χ3n) is 1.12. The first-order valence-corrected chi connectivity index (χ1v) is 5.51. The fourth-order valence-corrected chi connectivity index (χ4v) is 1.21. The van der Waals surface area contributed by atoms with E-state index in [1.165, 1.54) is 6.92 Å². The molecule has 10 heteroatoms. The molecule has 0 aromatic carbocycles. The van der Waals surface area contributed by atoms with Crippen LogP contribution in [0, 0.1) is 0 Å². The van der Waals surface area contributed by atoms with E-state index >= 15 is 0 Å². The maximum atomic E-state index is 11.6. The summed E-state index contributed by atoms with van der Waals surface area (Å²) in [5.74, 6) is 0. The molecular formula is C6H8F3O6P. The van der Waals surface area contributed by atoms with E-state index in [4.69, 9.17) is 4.89 Å². The Morgan fingerprint density at radius 1 is 1.25 bits per heavy atom. The molecule has 6 nitrogen and oxygen atoms in total. The molecule has 0 aromatic heterocycles. The maximum Gasteiger partial charge on any atom is 0.422 e. The highest BCUT2D eigenvalue weighted by Crippen LogP contribution is 2.45. The Kier molecular flexibility index (Phi) is 4.95. The molecule has 16 heavy (non-hydrogen) atoms. The summed E-state index contributed by atoms with van der Waals surface area (Å²) in [4.78, 5) is 30.2. The molecule has 0 heterocycles. The zero-order valence-electron chi connectivity index (χ0n) is 7.98. The molecule has 0 rings (SSSR count). The van der Waals surface area contributed by atoms with Gasteiger partial charge in [-0.15, -0.1) is 0 Å². The van der Waals surface area contributed by atoms with E-state index in [0.717, 1.165) is 0 Å². The fourth-order valence-electron chi connectivity index (χ4n) is 0.517. The van der Waals surface area contributed by atoms with E-state index < -0.39 is 31.6 Å². The molecule has 0 radical (unpaired) electrons. The molecule has 0 amide bonds. The predicted octanol–water partition coefficient (Wildman–Crippen LogP) is 2.11. The van der Waals surface area contributed by atoms with Gasteiger partial charge in [0.2, 0.25) is 0 Å². The summed E-state index contributed by atoms with van der Waals surface area (Å²) in [6.07, 6.45) is -4.84. The first kappa shape index (κ1) is 14.9. The van der Waals surface area contributed by atoms with Crippen LogP contribution >= 0.6 is 7.37 Å². The van der Waals surface area contributed by atoms with E-state index in [0.29, 0.717) is 0 Å². The lowest BCUT2D eigenvalue weighted by Gasteiger charge is -2.10. The van der Waals surface area contributed by atoms with Crippen molar-refractivity contribution >= 4 is 18.8 Å². The molecule has 0 bridgehead atoms. The van der Waals surface area contributed by atoms with Gasteiger partial charge in [0, 0.05) is 0 Å². The Morgan fingerprint density at radius 2 is 1.69 bits per heavy atom. The average Bonchev–Trinajstić information content (AvgIpc) is 2.13. The molecule has 0 aliphatic rings. The highest BCUT2D eigenvalue weighted by atomic mass is 31.2. The van der Waals surface area contributed by atoms with E-state index in [2.05, 4.69) is 9.47 Å². The van der Waals surface area contributed by atoms with Crippen molar-refractivity contribution in [2.45, 2.75) is 13.1 Å². The minimum absolute atomic E-state index is 0.296. The van der Waals surface area contributed by atoms with Gasteiger partial charge in [0.1, 0.15) is 0 Å². The summed E-state index contributed by atoms with van der Waals surface area (Å²) in [5, 5.41) is 0. The summed E-state index contributed by atoms with van der Waals surface area (Å²) >= 11 is 0. The van der Waals surface area contributed by atoms with E-state index in [9.17, 15) is 27.3 Å². The average molecular weight is 264 g/mol. The molecule has 0 saturated heterocycles. The van der Waals surface area contributed by atoms with Gasteiger partial charge in [-0.2, -0.15) is 13.2 Å². The molecule has 1 N–H and O–H groups in total. The molecule has 0 saturated carbocycles. The first-order valence-electron chi connectivity index (χ1n) is 3.85. The van der Waals surface area contributed by atoms with Crippen molar-refractivity contribution in [3.8, 4) is 0 Å². The third-order valence-corrected chi connectivity index (χ3v) is 2.37. The minimum atomic E-state index is -5.20. The second-order valence-corrected chi connectivity index (χ2v) is 4.33. The lowest BCUT2D eigenvalue weighted by molar-refractivity contribution is -0.158. The summed E-state index contributed by atoms with van der Waals surface area (Å²) in [6, 6.07) is 0. The number of hydrogen-bond donors (Lipinski definition) is 1. The molecule has 0 aliphatic carbocycles. The SMILES string of the molecule is CCOC(=O)P(=O)(O)C(=O)OCC(F)(F)F. The van der Waals surface area contributed by atoms with Crippen LogP contribution in [0.15, 0.2) is 0 Å². The monoisotopic (exact) mass is 264 g/mol. The number of ether oxygens (including phenoxy) is 2. The smallest absolute Gasteiger partial charge is 0.422 e. The van der Waals surface area contributed by atoms with Crippen molar-refractivity contribution < 1.29 is 41.7 Å². The van der Waals surface area contributed by atoms with Gasteiger partial charge in [-0.05, 0) is 6.92 Å². The normalized spacial score (nSPS) is 15.1. The fraction of sp³-hybridized carbons (Fsp3) is 0.667. The van der Waals surface area contributed by atoms with Crippen LogP contribution in [0.25, 0.3) is 0 Å². The van der Waals surface area contributed by atoms with Gasteiger partial charge < -0.3 is 14.4 Å². The van der Waals surface area contributed by atoms with Crippen LogP contribution in [0.5, 0.6) is 0 Å². The van der Waals surface area contributed by atoms with E-state index in [1.54, 1.807) is 0 Å². The highest BCUT2D eigenvalue weighted by molar-refractivity contribution is 7.88. The Labute approximate surface area is 87.8 Å². The van der Waals surface area contributed by atoms with Crippen LogP contribution in [-0.2, 0) is 14.0 Å². The van der Waals surface area contributed by atoms with E-state index in [-0.39, 0.29) is 6.61 Å². The number of hydrogen-bond acceptors (Lipinski definition) is 5. The van der Waals surface area contributed by atoms with Gasteiger partial charge in [0.05, 0.1) is 6.61 Å². The summed E-state index contributed by atoms with van der Waals surface area (Å²) in [5.41, 5.74) is -3.95. The van der Waals surface area contributed by atoms with Crippen molar-refractivity contribution in [2.24, 2.45) is 0 Å². The zero-order valence-corrected chi connectivity index (χ0v) is 8.88. The number of alkyl halides is 3. The van der Waals surface area contributed by atoms with Crippen LogP contribution < -0.4 is 0 Å². The maximum absolute atomic E-state index is 11.6. The molecule has 0 aromatic rings. The van der Waals surface area contributed by atoms with Gasteiger partial charge in [-0.3, -0.25) is 4.57 Å². The highest BCUT2D eigenvalue weighted by Gasteiger charge is 2.43. The Balaban J connectivity index is 4.48. The molecule has 0 spiro atoms. The van der Waals surface area contributed by atoms with Crippen LogP contribution in [0.1, 0.15) is 6.92 Å². The number of carbonyl (C=O) groups is 2. The third kappa shape index (κ3) is 4.63. The Morgan fingerprint density at radius 3 is 2.06 bits per heavy atom. The van der Waals surface area contributed by atoms with Gasteiger partial charge in [-0.25, -0.2) is 9.59 Å². The zero-order chi connectivity index (χ0) is 13.0. The number of rotatable bonds is 4. The van der Waals surface area contributed by atoms with Crippen molar-refractivity contribution in [2.75, 3.05) is 13.2 Å². The quantitative estimate of drug-likeness (QED) is 0.782. The summed E-state index contributed by atoms with van der Waals surface area (Å²) < 4.78 is 53.2. The Bertz CT molecular complexity index is 325. The lowest BCUT2D eigenvalue weighted by atomic mass is 10.7. The predicted molar refractivity (Wildman–Crippen MR) is 44.3 cm³/mol. The molecule has 0 fully saturated rings. The molecule has 0 aliphatic heterocycles. The van der Waals surface area contributed by atoms with Crippen LogP contribution in [0.3, 0.4) is 0 Å². The van der Waals surface area contributed by atoms with Crippen LogP contribution in [-0.4, -0.2) is 35.7 Å². The summed E-state index contributed by atoms with van der Waals surface area (Å²) in [6.45, 7) is -1.05. The first-order chi connectivity index (χ1) is 7.11. The van der Waals surface area contributed by atoms with Crippen molar-refractivity contribution in [1.82, 2.24) is 0 Å². The van der Waals surface area contributed by atoms with Gasteiger partial charge in [0.15, 0.2) is 6.61 Å². The van der Waals surface area contributed by atoms with Crippen molar-refractivity contribution in [3.05, 3.63) is 0 Å². The van der Waals surface area contributed by atoms with Gasteiger partial charge in [0.25, 0.3) is 0 Å². The molecule has 1 atom stereocenters. The number of halogens is 3. The molecule has 1 unspecified atom stereocenters. The molecule has 94 valence electrons. The summed E-state index contributed by atoms with van der Waals surface area (Å²) in [7, 11) is -5.20. The van der Waals surface area contributed by atoms with Crippen molar-refractivity contribution in [3.63, 3.8) is 0 Å². The van der Waals surface area contributed by atoms with Gasteiger partial charge >= 0.3 is 25.0 Å². The van der Waals surface area contributed by atoms with E-state index in [1.807, 2.05) is 0 Å². The topological polar surface area (TPSA) is 89.9 Å². The second kappa shape index (κ2) is 5.31. The minimum Gasteiger partial charge on any atom is -0.458 e. The van der Waals surface area contributed by atoms with Crippen LogP contribution in [0.4, 0.5) is 22.8 Å². The van der Waals surface area contributed by atoms with Crippen LogP contribution in [0.2, 0.25) is 0 Å². The second-order valence-electron chi connectivity index (χ2n) is 2.44. The lowest BCUT2D eigenvalue weighted by Crippen LogP contribution is -2.21.